The average molecular weight is 150 g/mol. The highest BCUT2D eigenvalue weighted by Gasteiger charge is 1.95. The molecule has 0 aliphatic carbocycles. The second kappa shape index (κ2) is 3.39. The lowest BCUT2D eigenvalue weighted by atomic mass is 10.1. The number of hydrogen-bond acceptors (Lipinski definition) is 2. The van der Waals surface area contributed by atoms with E-state index in [2.05, 4.69) is 30.4 Å². The van der Waals surface area contributed by atoms with Gasteiger partial charge in [0, 0.05) is 19.3 Å². The fourth-order valence-electron chi connectivity index (χ4n) is 1.05. The van der Waals surface area contributed by atoms with Gasteiger partial charge in [-0.1, -0.05) is 6.07 Å². The standard InChI is InChI=1S/C9H14N2/c1-7-3-4-9(11-2)5-8(7)6-10/h3-5,11H,6,10H2,1-2H3. The van der Waals surface area contributed by atoms with Gasteiger partial charge in [-0.3, -0.25) is 0 Å². The van der Waals surface area contributed by atoms with E-state index in [1.165, 1.54) is 11.1 Å². The minimum Gasteiger partial charge on any atom is -0.388 e. The van der Waals surface area contributed by atoms with E-state index in [-0.39, 0.29) is 0 Å². The van der Waals surface area contributed by atoms with E-state index in [4.69, 9.17) is 5.73 Å². The van der Waals surface area contributed by atoms with Crippen LogP contribution in [0.25, 0.3) is 0 Å². The molecule has 0 bridgehead atoms. The van der Waals surface area contributed by atoms with E-state index in [1.807, 2.05) is 7.05 Å². The lowest BCUT2D eigenvalue weighted by Crippen LogP contribution is -2.00. The zero-order valence-electron chi connectivity index (χ0n) is 7.02. The van der Waals surface area contributed by atoms with Gasteiger partial charge in [0.25, 0.3) is 0 Å². The fraction of sp³-hybridized carbons (Fsp3) is 0.333. The van der Waals surface area contributed by atoms with Gasteiger partial charge in [-0.05, 0) is 30.2 Å². The van der Waals surface area contributed by atoms with E-state index in [1.54, 1.807) is 0 Å². The highest BCUT2D eigenvalue weighted by molar-refractivity contribution is 5.47. The van der Waals surface area contributed by atoms with Crippen LogP contribution in [0.1, 0.15) is 11.1 Å². The molecule has 0 aliphatic rings. The molecule has 0 amide bonds. The van der Waals surface area contributed by atoms with E-state index in [0.717, 1.165) is 5.69 Å². The van der Waals surface area contributed by atoms with Crippen molar-refractivity contribution < 1.29 is 0 Å². The number of hydrogen-bond donors (Lipinski definition) is 2. The zero-order valence-corrected chi connectivity index (χ0v) is 7.02. The maximum atomic E-state index is 5.55. The van der Waals surface area contributed by atoms with Crippen LogP contribution >= 0.6 is 0 Å². The summed E-state index contributed by atoms with van der Waals surface area (Å²) >= 11 is 0. The SMILES string of the molecule is CNc1ccc(C)c(CN)c1. The third kappa shape index (κ3) is 1.71. The molecular weight excluding hydrogens is 136 g/mol. The van der Waals surface area contributed by atoms with Gasteiger partial charge >= 0.3 is 0 Å². The molecule has 0 saturated carbocycles. The molecular formula is C9H14N2. The van der Waals surface area contributed by atoms with Gasteiger partial charge in [-0.15, -0.1) is 0 Å². The van der Waals surface area contributed by atoms with Crippen LogP contribution in [-0.2, 0) is 6.54 Å². The Morgan fingerprint density at radius 2 is 2.18 bits per heavy atom. The van der Waals surface area contributed by atoms with Crippen LogP contribution in [0.3, 0.4) is 0 Å². The Hall–Kier alpha value is -1.02. The fourth-order valence-corrected chi connectivity index (χ4v) is 1.05. The lowest BCUT2D eigenvalue weighted by Gasteiger charge is -2.05. The smallest absolute Gasteiger partial charge is 0.0341 e. The molecule has 0 heterocycles. The van der Waals surface area contributed by atoms with Gasteiger partial charge in [0.1, 0.15) is 0 Å². The summed E-state index contributed by atoms with van der Waals surface area (Å²) in [6, 6.07) is 6.21. The molecule has 1 aromatic rings. The first-order chi connectivity index (χ1) is 5.27. The van der Waals surface area contributed by atoms with Crippen molar-refractivity contribution in [1.29, 1.82) is 0 Å². The predicted molar refractivity (Wildman–Crippen MR) is 48.6 cm³/mol. The lowest BCUT2D eigenvalue weighted by molar-refractivity contribution is 1.05. The molecule has 0 unspecified atom stereocenters. The summed E-state index contributed by atoms with van der Waals surface area (Å²) in [6.07, 6.45) is 0. The van der Waals surface area contributed by atoms with Crippen LogP contribution < -0.4 is 11.1 Å². The summed E-state index contributed by atoms with van der Waals surface area (Å²) in [7, 11) is 1.91. The maximum absolute atomic E-state index is 5.55. The van der Waals surface area contributed by atoms with Crippen molar-refractivity contribution in [1.82, 2.24) is 0 Å². The number of rotatable bonds is 2. The quantitative estimate of drug-likeness (QED) is 0.670. The third-order valence-electron chi connectivity index (χ3n) is 1.86. The normalized spacial score (nSPS) is 9.73. The van der Waals surface area contributed by atoms with Crippen LogP contribution in [-0.4, -0.2) is 7.05 Å². The monoisotopic (exact) mass is 150 g/mol. The van der Waals surface area contributed by atoms with Gasteiger partial charge in [-0.2, -0.15) is 0 Å². The van der Waals surface area contributed by atoms with Crippen molar-refractivity contribution in [2.75, 3.05) is 12.4 Å². The molecule has 3 N–H and O–H groups in total. The molecule has 11 heavy (non-hydrogen) atoms. The first-order valence-electron chi connectivity index (χ1n) is 3.75. The van der Waals surface area contributed by atoms with Gasteiger partial charge in [0.05, 0.1) is 0 Å². The van der Waals surface area contributed by atoms with Crippen molar-refractivity contribution in [2.45, 2.75) is 13.5 Å². The van der Waals surface area contributed by atoms with Crippen molar-refractivity contribution in [3.05, 3.63) is 29.3 Å². The number of nitrogens with two attached hydrogens (primary N) is 1. The van der Waals surface area contributed by atoms with Gasteiger partial charge in [-0.25, -0.2) is 0 Å². The van der Waals surface area contributed by atoms with Crippen LogP contribution in [0.4, 0.5) is 5.69 Å². The van der Waals surface area contributed by atoms with Crippen molar-refractivity contribution in [3.63, 3.8) is 0 Å². The molecule has 0 aliphatic heterocycles. The molecule has 60 valence electrons. The van der Waals surface area contributed by atoms with Gasteiger partial charge in [0.2, 0.25) is 0 Å². The molecule has 1 aromatic carbocycles. The molecule has 0 atom stereocenters. The Kier molecular flexibility index (Phi) is 2.49. The Bertz CT molecular complexity index is 243. The Labute approximate surface area is 67.4 Å². The Balaban J connectivity index is 3.02. The van der Waals surface area contributed by atoms with Crippen LogP contribution in [0.2, 0.25) is 0 Å². The van der Waals surface area contributed by atoms with Crippen molar-refractivity contribution in [2.24, 2.45) is 5.73 Å². The highest BCUT2D eigenvalue weighted by Crippen LogP contribution is 2.13. The van der Waals surface area contributed by atoms with Crippen LogP contribution in [0, 0.1) is 6.92 Å². The molecule has 0 aromatic heterocycles. The molecule has 2 heteroatoms. The predicted octanol–water partition coefficient (Wildman–Crippen LogP) is 1.50. The third-order valence-corrected chi connectivity index (χ3v) is 1.86. The largest absolute Gasteiger partial charge is 0.388 e. The first kappa shape index (κ1) is 8.08. The van der Waals surface area contributed by atoms with E-state index in [0.29, 0.717) is 6.54 Å². The van der Waals surface area contributed by atoms with E-state index >= 15 is 0 Å². The number of aryl methyl sites for hydroxylation is 1. The highest BCUT2D eigenvalue weighted by atomic mass is 14.8. The summed E-state index contributed by atoms with van der Waals surface area (Å²) in [4.78, 5) is 0. The maximum Gasteiger partial charge on any atom is 0.0341 e. The molecule has 0 spiro atoms. The second-order valence-electron chi connectivity index (χ2n) is 2.60. The van der Waals surface area contributed by atoms with Gasteiger partial charge in [0.15, 0.2) is 0 Å². The van der Waals surface area contributed by atoms with E-state index < -0.39 is 0 Å². The summed E-state index contributed by atoms with van der Waals surface area (Å²) in [5.74, 6) is 0. The molecule has 0 fully saturated rings. The number of benzene rings is 1. The van der Waals surface area contributed by atoms with Crippen LogP contribution in [0.15, 0.2) is 18.2 Å². The van der Waals surface area contributed by atoms with E-state index in [9.17, 15) is 0 Å². The average Bonchev–Trinajstić information content (AvgIpc) is 2.05. The summed E-state index contributed by atoms with van der Waals surface area (Å²) in [5, 5.41) is 3.07. The molecule has 0 saturated heterocycles. The second-order valence-corrected chi connectivity index (χ2v) is 2.60. The zero-order chi connectivity index (χ0) is 8.27. The molecule has 0 radical (unpaired) electrons. The topological polar surface area (TPSA) is 38.0 Å². The Morgan fingerprint density at radius 3 is 2.73 bits per heavy atom. The number of nitrogens with one attached hydrogen (secondary N) is 1. The number of anilines is 1. The molecule has 2 nitrogen and oxygen atoms in total. The van der Waals surface area contributed by atoms with Gasteiger partial charge < -0.3 is 11.1 Å². The van der Waals surface area contributed by atoms with Crippen molar-refractivity contribution in [3.8, 4) is 0 Å². The molecule has 1 rings (SSSR count). The summed E-state index contributed by atoms with van der Waals surface area (Å²) < 4.78 is 0. The van der Waals surface area contributed by atoms with Crippen LogP contribution in [0.5, 0.6) is 0 Å². The minimum absolute atomic E-state index is 0.612. The van der Waals surface area contributed by atoms with Crippen molar-refractivity contribution >= 4 is 5.69 Å². The Morgan fingerprint density at radius 1 is 1.45 bits per heavy atom. The summed E-state index contributed by atoms with van der Waals surface area (Å²) in [6.45, 7) is 2.68. The first-order valence-corrected chi connectivity index (χ1v) is 3.75. The minimum atomic E-state index is 0.612. The summed E-state index contributed by atoms with van der Waals surface area (Å²) in [5.41, 5.74) is 9.13.